The lowest BCUT2D eigenvalue weighted by molar-refractivity contribution is 0.312. The number of hydrogen-bond acceptors (Lipinski definition) is 4. The van der Waals surface area contributed by atoms with Crippen molar-refractivity contribution in [2.75, 3.05) is 13.2 Å². The number of nitrogens with one attached hydrogen (secondary N) is 1. The largest absolute Gasteiger partial charge is 0.491 e. The maximum atomic E-state index is 5.85. The molecule has 0 unspecified atom stereocenters. The van der Waals surface area contributed by atoms with Crippen molar-refractivity contribution in [3.8, 4) is 5.75 Å². The molecule has 2 aromatic rings. The van der Waals surface area contributed by atoms with Gasteiger partial charge in [-0.05, 0) is 34.1 Å². The number of ether oxygens (including phenoxy) is 1. The number of pyridine rings is 1. The highest BCUT2D eigenvalue weighted by atomic mass is 79.9. The van der Waals surface area contributed by atoms with Gasteiger partial charge in [-0.15, -0.1) is 11.3 Å². The highest BCUT2D eigenvalue weighted by Gasteiger charge is 1.98. The smallest absolute Gasteiger partial charge is 0.138 e. The molecular weight excluding hydrogens is 336 g/mol. The second-order valence-corrected chi connectivity index (χ2v) is 6.29. The zero-order valence-corrected chi connectivity index (χ0v) is 12.7. The van der Waals surface area contributed by atoms with E-state index in [0.29, 0.717) is 6.61 Å². The molecule has 0 radical (unpaired) electrons. The summed E-state index contributed by atoms with van der Waals surface area (Å²) in [4.78, 5) is 5.25. The molecule has 0 aliphatic heterocycles. The number of halogens is 2. The summed E-state index contributed by atoms with van der Waals surface area (Å²) in [6.07, 6.45) is 3.43. The highest BCUT2D eigenvalue weighted by Crippen LogP contribution is 2.20. The predicted molar refractivity (Wildman–Crippen MR) is 78.5 cm³/mol. The molecule has 0 amide bonds. The molecule has 2 aromatic heterocycles. The van der Waals surface area contributed by atoms with Gasteiger partial charge in [0.2, 0.25) is 0 Å². The first-order valence-corrected chi connectivity index (χ1v) is 7.41. The van der Waals surface area contributed by atoms with Crippen LogP contribution < -0.4 is 10.1 Å². The first-order valence-electron chi connectivity index (χ1n) is 5.42. The predicted octanol–water partition coefficient (Wildman–Crippen LogP) is 3.73. The molecule has 3 nitrogen and oxygen atoms in total. The third-order valence-corrected chi connectivity index (χ3v) is 3.82. The minimum atomic E-state index is 0.608. The molecule has 2 heterocycles. The number of rotatable bonds is 6. The molecule has 0 aliphatic carbocycles. The van der Waals surface area contributed by atoms with Crippen LogP contribution in [0.25, 0.3) is 0 Å². The number of nitrogens with zero attached hydrogens (tertiary/aromatic N) is 1. The minimum absolute atomic E-state index is 0.608. The monoisotopic (exact) mass is 346 g/mol. The second-order valence-electron chi connectivity index (χ2n) is 3.57. The molecular formula is C12H12BrClN2OS. The molecule has 0 bridgehead atoms. The Kier molecular flexibility index (Phi) is 5.44. The summed E-state index contributed by atoms with van der Waals surface area (Å²) in [5.74, 6) is 0.769. The highest BCUT2D eigenvalue weighted by molar-refractivity contribution is 9.10. The van der Waals surface area contributed by atoms with Gasteiger partial charge in [0.25, 0.3) is 0 Å². The first-order chi connectivity index (χ1) is 8.74. The molecule has 0 fully saturated rings. The molecule has 96 valence electrons. The van der Waals surface area contributed by atoms with Crippen LogP contribution in [-0.2, 0) is 6.54 Å². The van der Waals surface area contributed by atoms with Crippen molar-refractivity contribution < 1.29 is 4.74 Å². The minimum Gasteiger partial charge on any atom is -0.491 e. The Morgan fingerprint density at radius 2 is 2.28 bits per heavy atom. The Bertz CT molecular complexity index is 506. The van der Waals surface area contributed by atoms with Gasteiger partial charge in [0.05, 0.1) is 10.5 Å². The molecule has 0 atom stereocenters. The fourth-order valence-corrected chi connectivity index (χ4v) is 2.77. The van der Waals surface area contributed by atoms with Crippen molar-refractivity contribution in [3.63, 3.8) is 0 Å². The average Bonchev–Trinajstić information content (AvgIpc) is 2.75. The second kappa shape index (κ2) is 7.09. The fraction of sp³-hybridized carbons (Fsp3) is 0.250. The number of hydrogen-bond donors (Lipinski definition) is 1. The van der Waals surface area contributed by atoms with Crippen LogP contribution in [0.5, 0.6) is 5.75 Å². The van der Waals surface area contributed by atoms with Crippen LogP contribution in [-0.4, -0.2) is 18.1 Å². The zero-order valence-electron chi connectivity index (χ0n) is 9.53. The van der Waals surface area contributed by atoms with E-state index in [0.717, 1.165) is 27.6 Å². The van der Waals surface area contributed by atoms with Crippen LogP contribution in [0.4, 0.5) is 0 Å². The van der Waals surface area contributed by atoms with Crippen LogP contribution in [0.15, 0.2) is 35.1 Å². The molecule has 1 N–H and O–H groups in total. The lowest BCUT2D eigenvalue weighted by Crippen LogP contribution is -2.20. The van der Waals surface area contributed by atoms with E-state index in [9.17, 15) is 0 Å². The number of thiophene rings is 1. The maximum absolute atomic E-state index is 5.85. The van der Waals surface area contributed by atoms with E-state index in [2.05, 4.69) is 26.2 Å². The van der Waals surface area contributed by atoms with Gasteiger partial charge in [0.1, 0.15) is 12.4 Å². The lowest BCUT2D eigenvalue weighted by Gasteiger charge is -2.06. The van der Waals surface area contributed by atoms with Gasteiger partial charge < -0.3 is 10.1 Å². The summed E-state index contributed by atoms with van der Waals surface area (Å²) in [5, 5.41) is 3.29. The first kappa shape index (κ1) is 13.8. The summed E-state index contributed by atoms with van der Waals surface area (Å²) >= 11 is 10.8. The van der Waals surface area contributed by atoms with Gasteiger partial charge >= 0.3 is 0 Å². The van der Waals surface area contributed by atoms with Gasteiger partial charge in [-0.2, -0.15) is 0 Å². The summed E-state index contributed by atoms with van der Waals surface area (Å²) in [5.41, 5.74) is 0. The Labute approximate surface area is 123 Å². The third-order valence-electron chi connectivity index (χ3n) is 2.16. The Balaban J connectivity index is 1.64. The summed E-state index contributed by atoms with van der Waals surface area (Å²) in [6.45, 7) is 2.21. The van der Waals surface area contributed by atoms with Crippen molar-refractivity contribution in [2.24, 2.45) is 0 Å². The topological polar surface area (TPSA) is 34.1 Å². The van der Waals surface area contributed by atoms with Crippen LogP contribution in [0.2, 0.25) is 4.34 Å². The molecule has 0 aromatic carbocycles. The van der Waals surface area contributed by atoms with E-state index in [4.69, 9.17) is 16.3 Å². The van der Waals surface area contributed by atoms with Gasteiger partial charge in [-0.25, -0.2) is 0 Å². The summed E-state index contributed by atoms with van der Waals surface area (Å²) in [7, 11) is 0. The molecule has 0 saturated carbocycles. The average molecular weight is 348 g/mol. The molecule has 18 heavy (non-hydrogen) atoms. The van der Waals surface area contributed by atoms with Crippen LogP contribution in [0.1, 0.15) is 4.88 Å². The molecule has 0 spiro atoms. The SMILES string of the molecule is Clc1ccc(CNCCOc2cncc(Br)c2)s1. The standard InChI is InChI=1S/C12H12BrClN2OS/c13-9-5-10(7-16-6-9)17-4-3-15-8-11-1-2-12(14)18-11/h1-2,5-7,15H,3-4,8H2. The van der Waals surface area contributed by atoms with E-state index in [1.54, 1.807) is 23.7 Å². The molecule has 6 heteroatoms. The van der Waals surface area contributed by atoms with E-state index < -0.39 is 0 Å². The third kappa shape index (κ3) is 4.57. The van der Waals surface area contributed by atoms with Gasteiger partial charge in [-0.3, -0.25) is 4.98 Å². The van der Waals surface area contributed by atoms with E-state index >= 15 is 0 Å². The summed E-state index contributed by atoms with van der Waals surface area (Å²) in [6, 6.07) is 5.83. The van der Waals surface area contributed by atoms with Crippen molar-refractivity contribution >= 4 is 38.9 Å². The molecule has 0 aliphatic rings. The van der Waals surface area contributed by atoms with Crippen LogP contribution in [0.3, 0.4) is 0 Å². The van der Waals surface area contributed by atoms with Crippen molar-refractivity contribution in [2.45, 2.75) is 6.54 Å². The van der Waals surface area contributed by atoms with Gasteiger partial charge in [0.15, 0.2) is 0 Å². The Morgan fingerprint density at radius 1 is 1.39 bits per heavy atom. The van der Waals surface area contributed by atoms with Crippen LogP contribution >= 0.6 is 38.9 Å². The van der Waals surface area contributed by atoms with E-state index in [1.165, 1.54) is 4.88 Å². The van der Waals surface area contributed by atoms with Crippen LogP contribution in [0, 0.1) is 0 Å². The van der Waals surface area contributed by atoms with Crippen molar-refractivity contribution in [1.29, 1.82) is 0 Å². The number of aromatic nitrogens is 1. The maximum Gasteiger partial charge on any atom is 0.138 e. The van der Waals surface area contributed by atoms with Crippen molar-refractivity contribution in [1.82, 2.24) is 10.3 Å². The van der Waals surface area contributed by atoms with Gasteiger partial charge in [-0.1, -0.05) is 11.6 Å². The Morgan fingerprint density at radius 3 is 3.00 bits per heavy atom. The zero-order chi connectivity index (χ0) is 12.8. The van der Waals surface area contributed by atoms with Gasteiger partial charge in [0, 0.05) is 28.6 Å². The fourth-order valence-electron chi connectivity index (χ4n) is 1.37. The van der Waals surface area contributed by atoms with E-state index in [1.807, 2.05) is 18.2 Å². The van der Waals surface area contributed by atoms with E-state index in [-0.39, 0.29) is 0 Å². The van der Waals surface area contributed by atoms with Crippen molar-refractivity contribution in [3.05, 3.63) is 44.3 Å². The quantitative estimate of drug-likeness (QED) is 0.809. The molecule has 0 saturated heterocycles. The lowest BCUT2D eigenvalue weighted by atomic mass is 10.4. The normalized spacial score (nSPS) is 10.6. The molecule has 2 rings (SSSR count). The Hall–Kier alpha value is -0.620. The summed E-state index contributed by atoms with van der Waals surface area (Å²) < 4.78 is 7.29.